The van der Waals surface area contributed by atoms with Crippen molar-refractivity contribution in [2.75, 3.05) is 13.2 Å². The number of aliphatic hydroxyl groups excluding tert-OH is 1. The normalized spacial score (nSPS) is 20.9. The van der Waals surface area contributed by atoms with Crippen molar-refractivity contribution in [1.29, 1.82) is 0 Å². The van der Waals surface area contributed by atoms with E-state index in [0.717, 1.165) is 36.8 Å². The van der Waals surface area contributed by atoms with E-state index in [1.54, 1.807) is 0 Å². The lowest BCUT2D eigenvalue weighted by Gasteiger charge is -2.28. The number of urea groups is 1. The molecule has 0 radical (unpaired) electrons. The van der Waals surface area contributed by atoms with Gasteiger partial charge in [0, 0.05) is 0 Å². The molecule has 1 saturated carbocycles. The smallest absolute Gasteiger partial charge is 0.325 e. The standard InChI is InChI=1S/C21H30N2O4/c1-15-8-9-16(2)18(12-15)27-14-17(24)13-23-19(25)21(22-20(23)26)10-6-4-3-5-7-11-21/h8-9,12,17,24H,3-7,10-11,13-14H2,1-2H3,(H,22,26). The summed E-state index contributed by atoms with van der Waals surface area (Å²) >= 11 is 0. The summed E-state index contributed by atoms with van der Waals surface area (Å²) in [6.45, 7) is 3.91. The molecule has 3 amide bonds. The van der Waals surface area contributed by atoms with Gasteiger partial charge >= 0.3 is 6.03 Å². The molecule has 3 rings (SSSR count). The van der Waals surface area contributed by atoms with Gasteiger partial charge in [-0.05, 0) is 43.9 Å². The van der Waals surface area contributed by atoms with E-state index >= 15 is 0 Å². The predicted octanol–water partition coefficient (Wildman–Crippen LogP) is 3.08. The number of amides is 3. The van der Waals surface area contributed by atoms with E-state index in [9.17, 15) is 14.7 Å². The maximum absolute atomic E-state index is 13.0. The lowest BCUT2D eigenvalue weighted by molar-refractivity contribution is -0.133. The zero-order valence-corrected chi connectivity index (χ0v) is 16.3. The van der Waals surface area contributed by atoms with Crippen molar-refractivity contribution in [2.24, 2.45) is 0 Å². The van der Waals surface area contributed by atoms with E-state index in [0.29, 0.717) is 18.6 Å². The molecule has 148 valence electrons. The minimum absolute atomic E-state index is 0.0361. The molecule has 2 fully saturated rings. The highest BCUT2D eigenvalue weighted by molar-refractivity contribution is 6.07. The Morgan fingerprint density at radius 1 is 1.15 bits per heavy atom. The monoisotopic (exact) mass is 374 g/mol. The number of nitrogens with zero attached hydrogens (tertiary/aromatic N) is 1. The number of hydrogen-bond acceptors (Lipinski definition) is 4. The molecule has 1 aliphatic heterocycles. The van der Waals surface area contributed by atoms with E-state index in [4.69, 9.17) is 4.74 Å². The van der Waals surface area contributed by atoms with Gasteiger partial charge in [-0.25, -0.2) is 4.79 Å². The molecule has 27 heavy (non-hydrogen) atoms. The van der Waals surface area contributed by atoms with Gasteiger partial charge in [-0.15, -0.1) is 0 Å². The van der Waals surface area contributed by atoms with Crippen molar-refractivity contribution in [3.05, 3.63) is 29.3 Å². The Morgan fingerprint density at radius 3 is 2.52 bits per heavy atom. The number of β-amino-alcohol motifs (C(OH)–C–C–N with tert-alkyl or cyclic N) is 1. The Balaban J connectivity index is 1.60. The summed E-state index contributed by atoms with van der Waals surface area (Å²) in [7, 11) is 0. The van der Waals surface area contributed by atoms with E-state index in [-0.39, 0.29) is 19.1 Å². The van der Waals surface area contributed by atoms with Gasteiger partial charge in [-0.1, -0.05) is 44.2 Å². The van der Waals surface area contributed by atoms with Gasteiger partial charge in [0.2, 0.25) is 0 Å². The number of carbonyl (C=O) groups is 2. The second-order valence-electron chi connectivity index (χ2n) is 7.93. The number of aliphatic hydroxyl groups is 1. The number of imide groups is 1. The van der Waals surface area contributed by atoms with Crippen LogP contribution in [0.1, 0.15) is 56.1 Å². The van der Waals surface area contributed by atoms with Crippen molar-refractivity contribution in [3.63, 3.8) is 0 Å². The van der Waals surface area contributed by atoms with Crippen LogP contribution in [0.4, 0.5) is 4.79 Å². The van der Waals surface area contributed by atoms with Crippen LogP contribution in [0.3, 0.4) is 0 Å². The molecule has 2 N–H and O–H groups in total. The topological polar surface area (TPSA) is 78.9 Å². The molecule has 1 spiro atoms. The molecule has 1 aliphatic carbocycles. The largest absolute Gasteiger partial charge is 0.491 e. The molecule has 1 atom stereocenters. The summed E-state index contributed by atoms with van der Waals surface area (Å²) in [5.41, 5.74) is 1.28. The first kappa shape index (κ1) is 19.7. The SMILES string of the molecule is Cc1ccc(C)c(OCC(O)CN2C(=O)NC3(CCCCCCC3)C2=O)c1. The molecule has 6 nitrogen and oxygen atoms in total. The lowest BCUT2D eigenvalue weighted by atomic mass is 9.84. The zero-order chi connectivity index (χ0) is 19.4. The van der Waals surface area contributed by atoms with Crippen LogP contribution in [-0.4, -0.2) is 46.7 Å². The van der Waals surface area contributed by atoms with Gasteiger partial charge in [0.1, 0.15) is 24.0 Å². The molecule has 6 heteroatoms. The molecule has 2 aliphatic rings. The Kier molecular flexibility index (Phi) is 6.05. The number of carbonyl (C=O) groups excluding carboxylic acids is 2. The van der Waals surface area contributed by atoms with Crippen molar-refractivity contribution in [3.8, 4) is 5.75 Å². The van der Waals surface area contributed by atoms with Gasteiger partial charge in [-0.2, -0.15) is 0 Å². The highest BCUT2D eigenvalue weighted by Gasteiger charge is 2.50. The Hall–Kier alpha value is -2.08. The van der Waals surface area contributed by atoms with Crippen LogP contribution >= 0.6 is 0 Å². The molecule has 1 unspecified atom stereocenters. The number of hydrogen-bond donors (Lipinski definition) is 2. The zero-order valence-electron chi connectivity index (χ0n) is 16.3. The number of aryl methyl sites for hydroxylation is 2. The van der Waals surface area contributed by atoms with Crippen molar-refractivity contribution in [1.82, 2.24) is 10.2 Å². The minimum atomic E-state index is -0.927. The molecule has 0 aromatic heterocycles. The Labute approximate surface area is 160 Å². The fourth-order valence-corrected chi connectivity index (χ4v) is 4.00. The number of nitrogens with one attached hydrogen (secondary N) is 1. The number of ether oxygens (including phenoxy) is 1. The summed E-state index contributed by atoms with van der Waals surface area (Å²) in [5.74, 6) is 0.517. The van der Waals surface area contributed by atoms with Crippen LogP contribution in [0.5, 0.6) is 5.75 Å². The first-order chi connectivity index (χ1) is 12.9. The summed E-state index contributed by atoms with van der Waals surface area (Å²) in [6, 6.07) is 5.48. The van der Waals surface area contributed by atoms with Crippen LogP contribution in [-0.2, 0) is 4.79 Å². The third-order valence-corrected chi connectivity index (χ3v) is 5.62. The van der Waals surface area contributed by atoms with Crippen LogP contribution in [0.2, 0.25) is 0 Å². The number of benzene rings is 1. The van der Waals surface area contributed by atoms with Crippen molar-refractivity contribution >= 4 is 11.9 Å². The second kappa shape index (κ2) is 8.30. The van der Waals surface area contributed by atoms with Gasteiger partial charge in [-0.3, -0.25) is 9.69 Å². The molecular formula is C21H30N2O4. The summed E-state index contributed by atoms with van der Waals surface area (Å²) in [5, 5.41) is 13.3. The predicted molar refractivity (Wildman–Crippen MR) is 103 cm³/mol. The Morgan fingerprint density at radius 2 is 1.81 bits per heavy atom. The lowest BCUT2D eigenvalue weighted by Crippen LogP contribution is -2.48. The molecule has 1 aromatic carbocycles. The van der Waals surface area contributed by atoms with Crippen LogP contribution < -0.4 is 10.1 Å². The molecule has 1 aromatic rings. The van der Waals surface area contributed by atoms with Crippen molar-refractivity contribution in [2.45, 2.75) is 70.4 Å². The quantitative estimate of drug-likeness (QED) is 0.777. The van der Waals surface area contributed by atoms with Crippen LogP contribution in [0, 0.1) is 13.8 Å². The molecular weight excluding hydrogens is 344 g/mol. The second-order valence-corrected chi connectivity index (χ2v) is 7.93. The van der Waals surface area contributed by atoms with Crippen LogP contribution in [0.25, 0.3) is 0 Å². The summed E-state index contributed by atoms with van der Waals surface area (Å²) in [6.07, 6.45) is 5.70. The maximum atomic E-state index is 13.0. The average Bonchev–Trinajstić information content (AvgIpc) is 2.84. The Bertz CT molecular complexity index is 695. The van der Waals surface area contributed by atoms with E-state index in [2.05, 4.69) is 5.32 Å². The minimum Gasteiger partial charge on any atom is -0.491 e. The van der Waals surface area contributed by atoms with Gasteiger partial charge < -0.3 is 15.2 Å². The third-order valence-electron chi connectivity index (χ3n) is 5.62. The average molecular weight is 374 g/mol. The van der Waals surface area contributed by atoms with Crippen LogP contribution in [0.15, 0.2) is 18.2 Å². The third kappa shape index (κ3) is 4.43. The fourth-order valence-electron chi connectivity index (χ4n) is 4.00. The van der Waals surface area contributed by atoms with E-state index < -0.39 is 17.7 Å². The van der Waals surface area contributed by atoms with Gasteiger partial charge in [0.25, 0.3) is 5.91 Å². The maximum Gasteiger partial charge on any atom is 0.325 e. The van der Waals surface area contributed by atoms with Crippen molar-refractivity contribution < 1.29 is 19.4 Å². The molecule has 1 saturated heterocycles. The highest BCUT2D eigenvalue weighted by Crippen LogP contribution is 2.32. The molecule has 0 bridgehead atoms. The first-order valence-electron chi connectivity index (χ1n) is 9.93. The van der Waals surface area contributed by atoms with Gasteiger partial charge in [0.15, 0.2) is 0 Å². The number of rotatable bonds is 5. The van der Waals surface area contributed by atoms with E-state index in [1.165, 1.54) is 11.3 Å². The summed E-state index contributed by atoms with van der Waals surface area (Å²) < 4.78 is 5.71. The highest BCUT2D eigenvalue weighted by atomic mass is 16.5. The van der Waals surface area contributed by atoms with E-state index in [1.807, 2.05) is 32.0 Å². The van der Waals surface area contributed by atoms with Gasteiger partial charge in [0.05, 0.1) is 6.54 Å². The fraction of sp³-hybridized carbons (Fsp3) is 0.619. The molecule has 1 heterocycles. The summed E-state index contributed by atoms with van der Waals surface area (Å²) in [4.78, 5) is 26.5. The first-order valence-corrected chi connectivity index (χ1v) is 9.93.